The predicted molar refractivity (Wildman–Crippen MR) is 138 cm³/mol. The van der Waals surface area contributed by atoms with Gasteiger partial charge in [-0.3, -0.25) is 9.32 Å². The fourth-order valence-corrected chi connectivity index (χ4v) is 6.26. The Kier molecular flexibility index (Phi) is 6.04. The minimum Gasteiger partial charge on any atom is -0.434 e. The van der Waals surface area contributed by atoms with Crippen molar-refractivity contribution in [3.8, 4) is 16.9 Å². The Balaban J connectivity index is 1.45. The molecule has 11 nitrogen and oxygen atoms in total. The van der Waals surface area contributed by atoms with Crippen LogP contribution in [0.1, 0.15) is 59.9 Å². The van der Waals surface area contributed by atoms with E-state index in [0.717, 1.165) is 11.1 Å². The van der Waals surface area contributed by atoms with Crippen molar-refractivity contribution < 1.29 is 37.2 Å². The van der Waals surface area contributed by atoms with E-state index in [1.54, 1.807) is 18.0 Å². The predicted octanol–water partition coefficient (Wildman–Crippen LogP) is 4.56. The van der Waals surface area contributed by atoms with Crippen LogP contribution in [0, 0.1) is 0 Å². The first-order chi connectivity index (χ1) is 18.8. The van der Waals surface area contributed by atoms with E-state index in [4.69, 9.17) is 14.2 Å². The normalized spacial score (nSPS) is 18.7. The van der Waals surface area contributed by atoms with Gasteiger partial charge in [0.25, 0.3) is 5.91 Å². The number of hydrogen-bond acceptors (Lipinski definition) is 7. The van der Waals surface area contributed by atoms with Gasteiger partial charge in [0.15, 0.2) is 5.82 Å². The van der Waals surface area contributed by atoms with Gasteiger partial charge in [-0.05, 0) is 43.7 Å². The number of fused-ring (bicyclic) bond motifs is 9. The zero-order valence-electron chi connectivity index (χ0n) is 21.5. The number of alkyl halides is 2. The number of nitrogens with zero attached hydrogens (tertiary/aromatic N) is 5. The quantitative estimate of drug-likeness (QED) is 0.319. The lowest BCUT2D eigenvalue weighted by molar-refractivity contribution is -0.0507. The molecule has 40 heavy (non-hydrogen) atoms. The largest absolute Gasteiger partial charge is 0.470 e. The monoisotopic (exact) mass is 571 g/mol. The molecular formula is C26H24F2N5O6P. The maximum atomic E-state index is 13.3. The van der Waals surface area contributed by atoms with Crippen molar-refractivity contribution in [1.29, 1.82) is 0 Å². The van der Waals surface area contributed by atoms with Gasteiger partial charge >= 0.3 is 14.4 Å². The number of carbonyl (C=O) groups excluding carboxylic acids is 1. The van der Waals surface area contributed by atoms with E-state index in [2.05, 4.69) is 9.97 Å². The number of amides is 1. The van der Waals surface area contributed by atoms with Crippen LogP contribution in [0.5, 0.6) is 5.75 Å². The van der Waals surface area contributed by atoms with Crippen molar-refractivity contribution in [3.63, 3.8) is 0 Å². The summed E-state index contributed by atoms with van der Waals surface area (Å²) in [6.07, 6.45) is 3.50. The molecule has 2 aromatic carbocycles. The standard InChI is InChI=1S/C26H24F2N5O6P/c1-26(2,39-40(35,36)37)24-29-11-14(12-30-24)13-7-8-16-17(9-13)33-18-10-19(22(33)31-16)32(3)23(34)15-5-4-6-20(21(15)18)38-25(27)28/h4-9,11-12,18-19,25H,10H2,1-3H3,(H2,35,36,37)/t18-,19-/m1/s1. The van der Waals surface area contributed by atoms with E-state index < -0.39 is 26.1 Å². The van der Waals surface area contributed by atoms with Crippen LogP contribution in [0.25, 0.3) is 22.2 Å². The van der Waals surface area contributed by atoms with Crippen molar-refractivity contribution in [2.75, 3.05) is 7.05 Å². The highest BCUT2D eigenvalue weighted by molar-refractivity contribution is 7.46. The molecule has 2 aliphatic heterocycles. The lowest BCUT2D eigenvalue weighted by atomic mass is 9.97. The maximum Gasteiger partial charge on any atom is 0.470 e. The van der Waals surface area contributed by atoms with E-state index in [0.29, 0.717) is 34.5 Å². The number of aromatic nitrogens is 4. The highest BCUT2D eigenvalue weighted by Crippen LogP contribution is 2.50. The lowest BCUT2D eigenvalue weighted by Gasteiger charge is -2.24. The number of ether oxygens (including phenoxy) is 1. The number of phosphoric acid groups is 1. The molecule has 14 heteroatoms. The summed E-state index contributed by atoms with van der Waals surface area (Å²) < 4.78 is 49.6. The van der Waals surface area contributed by atoms with E-state index in [9.17, 15) is 27.9 Å². The van der Waals surface area contributed by atoms with Gasteiger partial charge in [0.05, 0.1) is 23.1 Å². The van der Waals surface area contributed by atoms with Crippen LogP contribution in [0.2, 0.25) is 0 Å². The summed E-state index contributed by atoms with van der Waals surface area (Å²) in [5, 5.41) is 0. The average Bonchev–Trinajstić information content (AvgIpc) is 3.40. The van der Waals surface area contributed by atoms with E-state index in [1.807, 2.05) is 22.8 Å². The second kappa shape index (κ2) is 9.13. The molecule has 2 aliphatic rings. The first-order valence-corrected chi connectivity index (χ1v) is 13.8. The number of benzene rings is 2. The molecule has 0 radical (unpaired) electrons. The Labute approximate surface area is 226 Å². The highest BCUT2D eigenvalue weighted by atomic mass is 31.2. The molecule has 0 fully saturated rings. The van der Waals surface area contributed by atoms with Crippen molar-refractivity contribution in [3.05, 3.63) is 71.6 Å². The van der Waals surface area contributed by atoms with Crippen molar-refractivity contribution in [1.82, 2.24) is 24.4 Å². The SMILES string of the molecule is CN1C(=O)c2cccc(OC(F)F)c2[C@H]2C[C@@H]1c1nc3ccc(-c4cnc(C(C)(C)OP(=O)(O)O)nc4)cc3n12. The summed E-state index contributed by atoms with van der Waals surface area (Å²) in [6, 6.07) is 9.30. The molecule has 2 N–H and O–H groups in total. The molecule has 0 unspecified atom stereocenters. The second-order valence-electron chi connectivity index (χ2n) is 10.2. The molecule has 1 amide bonds. The van der Waals surface area contributed by atoms with Crippen LogP contribution >= 0.6 is 7.82 Å². The zero-order valence-corrected chi connectivity index (χ0v) is 22.4. The Morgan fingerprint density at radius 1 is 1.10 bits per heavy atom. The molecule has 0 saturated heterocycles. The van der Waals surface area contributed by atoms with Crippen LogP contribution in [-0.2, 0) is 14.7 Å². The van der Waals surface area contributed by atoms with E-state index in [-0.39, 0.29) is 23.5 Å². The van der Waals surface area contributed by atoms with Crippen LogP contribution in [0.3, 0.4) is 0 Å². The van der Waals surface area contributed by atoms with Gasteiger partial charge in [-0.15, -0.1) is 0 Å². The minimum atomic E-state index is -4.77. The number of imidazole rings is 1. The molecule has 0 aliphatic carbocycles. The summed E-state index contributed by atoms with van der Waals surface area (Å²) in [4.78, 5) is 46.6. The van der Waals surface area contributed by atoms with Gasteiger partial charge < -0.3 is 24.0 Å². The number of carbonyl (C=O) groups is 1. The smallest absolute Gasteiger partial charge is 0.434 e. The zero-order chi connectivity index (χ0) is 28.6. The third-order valence-corrected chi connectivity index (χ3v) is 7.97. The topological polar surface area (TPSA) is 140 Å². The van der Waals surface area contributed by atoms with Crippen LogP contribution < -0.4 is 4.74 Å². The first kappa shape index (κ1) is 26.5. The van der Waals surface area contributed by atoms with Gasteiger partial charge in [-0.25, -0.2) is 19.5 Å². The number of rotatable bonds is 6. The van der Waals surface area contributed by atoms with Crippen molar-refractivity contribution in [2.45, 2.75) is 44.6 Å². The number of halogens is 2. The summed E-state index contributed by atoms with van der Waals surface area (Å²) in [7, 11) is -3.09. The van der Waals surface area contributed by atoms with Gasteiger partial charge in [0, 0.05) is 42.6 Å². The molecule has 4 aromatic rings. The fraction of sp³-hybridized carbons (Fsp3) is 0.308. The molecule has 6 rings (SSSR count). The molecule has 2 bridgehead atoms. The van der Waals surface area contributed by atoms with Crippen LogP contribution in [-0.4, -0.2) is 53.8 Å². The van der Waals surface area contributed by atoms with Crippen LogP contribution in [0.4, 0.5) is 8.78 Å². The molecule has 0 spiro atoms. The summed E-state index contributed by atoms with van der Waals surface area (Å²) >= 11 is 0. The Morgan fingerprint density at radius 2 is 1.82 bits per heavy atom. The summed E-state index contributed by atoms with van der Waals surface area (Å²) in [6.45, 7) is -0.144. The van der Waals surface area contributed by atoms with Gasteiger partial charge in [-0.2, -0.15) is 8.78 Å². The maximum absolute atomic E-state index is 13.3. The fourth-order valence-electron chi connectivity index (χ4n) is 5.58. The number of hydrogen-bond donors (Lipinski definition) is 2. The van der Waals surface area contributed by atoms with Crippen molar-refractivity contribution in [2.24, 2.45) is 0 Å². The highest BCUT2D eigenvalue weighted by Gasteiger charge is 2.45. The first-order valence-electron chi connectivity index (χ1n) is 12.3. The summed E-state index contributed by atoms with van der Waals surface area (Å²) in [5.74, 6) is 0.402. The molecular weight excluding hydrogens is 547 g/mol. The van der Waals surface area contributed by atoms with Gasteiger partial charge in [-0.1, -0.05) is 12.1 Å². The molecule has 2 aromatic heterocycles. The Morgan fingerprint density at radius 3 is 2.50 bits per heavy atom. The third kappa shape index (κ3) is 4.35. The lowest BCUT2D eigenvalue weighted by Crippen LogP contribution is -2.30. The Bertz CT molecular complexity index is 1700. The van der Waals surface area contributed by atoms with E-state index in [1.165, 1.54) is 38.4 Å². The molecule has 4 heterocycles. The molecule has 2 atom stereocenters. The number of phosphoric ester groups is 1. The van der Waals surface area contributed by atoms with Crippen molar-refractivity contribution >= 4 is 24.8 Å². The Hall–Kier alpha value is -3.77. The molecule has 0 saturated carbocycles. The minimum absolute atomic E-state index is 0.0464. The van der Waals surface area contributed by atoms with E-state index >= 15 is 0 Å². The second-order valence-corrected chi connectivity index (χ2v) is 11.4. The van der Waals surface area contributed by atoms with Gasteiger partial charge in [0.1, 0.15) is 17.2 Å². The third-order valence-electron chi connectivity index (χ3n) is 7.28. The van der Waals surface area contributed by atoms with Gasteiger partial charge in [0.2, 0.25) is 0 Å². The molecule has 208 valence electrons. The summed E-state index contributed by atoms with van der Waals surface area (Å²) in [5.41, 5.74) is 2.02. The van der Waals surface area contributed by atoms with Crippen LogP contribution in [0.15, 0.2) is 48.8 Å². The average molecular weight is 571 g/mol.